The van der Waals surface area contributed by atoms with Crippen molar-refractivity contribution in [3.63, 3.8) is 0 Å². The molecule has 0 radical (unpaired) electrons. The first-order valence-corrected chi connectivity index (χ1v) is 4.27. The molecule has 12 heavy (non-hydrogen) atoms. The molecule has 2 aromatic rings. The van der Waals surface area contributed by atoms with Gasteiger partial charge in [0.1, 0.15) is 6.26 Å². The van der Waals surface area contributed by atoms with Gasteiger partial charge in [-0.15, -0.1) is 11.3 Å². The van der Waals surface area contributed by atoms with Gasteiger partial charge < -0.3 is 10.3 Å². The molecule has 0 aliphatic carbocycles. The maximum Gasteiger partial charge on any atom is 0.180 e. The topological polar surface area (TPSA) is 64.9 Å². The molecule has 0 atom stereocenters. The lowest BCUT2D eigenvalue weighted by Gasteiger charge is -1.87. The standard InChI is InChI=1S/C7H7N3OS/c1-4-5(2-11-10-4)6-3-12-7(8)9-6/h2-3H,1H3,(H2,8,9). The summed E-state index contributed by atoms with van der Waals surface area (Å²) < 4.78 is 4.78. The molecule has 2 heterocycles. The molecule has 2 rings (SSSR count). The van der Waals surface area contributed by atoms with Crippen LogP contribution < -0.4 is 5.73 Å². The molecule has 0 saturated heterocycles. The van der Waals surface area contributed by atoms with E-state index >= 15 is 0 Å². The van der Waals surface area contributed by atoms with E-state index in [0.717, 1.165) is 17.0 Å². The maximum absolute atomic E-state index is 5.49. The van der Waals surface area contributed by atoms with Gasteiger partial charge in [0.2, 0.25) is 0 Å². The van der Waals surface area contributed by atoms with Crippen molar-refractivity contribution >= 4 is 16.5 Å². The lowest BCUT2D eigenvalue weighted by atomic mass is 10.2. The van der Waals surface area contributed by atoms with Crippen molar-refractivity contribution in [2.45, 2.75) is 6.92 Å². The van der Waals surface area contributed by atoms with Crippen LogP contribution in [0.5, 0.6) is 0 Å². The fourth-order valence-corrected chi connectivity index (χ4v) is 1.51. The summed E-state index contributed by atoms with van der Waals surface area (Å²) in [5, 5.41) is 6.20. The van der Waals surface area contributed by atoms with Crippen LogP contribution in [0, 0.1) is 6.92 Å². The van der Waals surface area contributed by atoms with E-state index in [1.165, 1.54) is 11.3 Å². The Hall–Kier alpha value is -1.36. The normalized spacial score (nSPS) is 10.4. The van der Waals surface area contributed by atoms with E-state index < -0.39 is 0 Å². The Balaban J connectivity index is 2.50. The highest BCUT2D eigenvalue weighted by Crippen LogP contribution is 2.24. The van der Waals surface area contributed by atoms with Gasteiger partial charge in [0.05, 0.1) is 17.0 Å². The third kappa shape index (κ3) is 1.08. The van der Waals surface area contributed by atoms with E-state index in [0.29, 0.717) is 5.13 Å². The summed E-state index contributed by atoms with van der Waals surface area (Å²) in [4.78, 5) is 4.11. The van der Waals surface area contributed by atoms with E-state index in [9.17, 15) is 0 Å². The highest BCUT2D eigenvalue weighted by Gasteiger charge is 2.08. The van der Waals surface area contributed by atoms with Crippen molar-refractivity contribution in [3.05, 3.63) is 17.3 Å². The molecular weight excluding hydrogens is 174 g/mol. The van der Waals surface area contributed by atoms with Crippen molar-refractivity contribution in [2.24, 2.45) is 0 Å². The lowest BCUT2D eigenvalue weighted by molar-refractivity contribution is 0.415. The van der Waals surface area contributed by atoms with Crippen LogP contribution in [-0.4, -0.2) is 10.1 Å². The van der Waals surface area contributed by atoms with Crippen LogP contribution in [0.25, 0.3) is 11.3 Å². The van der Waals surface area contributed by atoms with Crippen LogP contribution in [0.3, 0.4) is 0 Å². The molecule has 0 aliphatic rings. The molecule has 62 valence electrons. The average molecular weight is 181 g/mol. The molecule has 2 N–H and O–H groups in total. The highest BCUT2D eigenvalue weighted by atomic mass is 32.1. The zero-order chi connectivity index (χ0) is 8.55. The summed E-state index contributed by atoms with van der Waals surface area (Å²) in [6.45, 7) is 1.87. The minimum Gasteiger partial charge on any atom is -0.375 e. The van der Waals surface area contributed by atoms with Crippen LogP contribution in [0.15, 0.2) is 16.2 Å². The fraction of sp³-hybridized carbons (Fsp3) is 0.143. The molecule has 0 spiro atoms. The number of nitrogens with zero attached hydrogens (tertiary/aromatic N) is 2. The van der Waals surface area contributed by atoms with E-state index in [1.807, 2.05) is 12.3 Å². The first-order valence-electron chi connectivity index (χ1n) is 3.39. The monoisotopic (exact) mass is 181 g/mol. The van der Waals surface area contributed by atoms with Gasteiger partial charge in [-0.05, 0) is 6.92 Å². The summed E-state index contributed by atoms with van der Waals surface area (Å²) in [6.07, 6.45) is 1.57. The lowest BCUT2D eigenvalue weighted by Crippen LogP contribution is -1.83. The minimum atomic E-state index is 0.561. The Morgan fingerprint density at radius 1 is 1.58 bits per heavy atom. The molecule has 0 unspecified atom stereocenters. The van der Waals surface area contributed by atoms with Crippen LogP contribution in [0.1, 0.15) is 5.69 Å². The smallest absolute Gasteiger partial charge is 0.180 e. The number of rotatable bonds is 1. The van der Waals surface area contributed by atoms with Crippen LogP contribution >= 0.6 is 11.3 Å². The number of aromatic nitrogens is 2. The summed E-state index contributed by atoms with van der Waals surface area (Å²) in [5.41, 5.74) is 8.06. The van der Waals surface area contributed by atoms with Gasteiger partial charge in [-0.25, -0.2) is 4.98 Å². The molecule has 0 saturated carbocycles. The summed E-state index contributed by atoms with van der Waals surface area (Å²) >= 11 is 1.41. The van der Waals surface area contributed by atoms with Crippen LogP contribution in [0.4, 0.5) is 5.13 Å². The summed E-state index contributed by atoms with van der Waals surface area (Å²) in [7, 11) is 0. The van der Waals surface area contributed by atoms with Gasteiger partial charge >= 0.3 is 0 Å². The predicted molar refractivity (Wildman–Crippen MR) is 46.8 cm³/mol. The Labute approximate surface area is 73.0 Å². The third-order valence-corrected chi connectivity index (χ3v) is 2.22. The number of hydrogen-bond acceptors (Lipinski definition) is 5. The largest absolute Gasteiger partial charge is 0.375 e. The Morgan fingerprint density at radius 3 is 2.92 bits per heavy atom. The quantitative estimate of drug-likeness (QED) is 0.727. The maximum atomic E-state index is 5.49. The van der Waals surface area contributed by atoms with Crippen molar-refractivity contribution in [3.8, 4) is 11.3 Å². The molecule has 0 amide bonds. The van der Waals surface area contributed by atoms with Crippen molar-refractivity contribution < 1.29 is 4.52 Å². The van der Waals surface area contributed by atoms with Gasteiger partial charge in [-0.1, -0.05) is 5.16 Å². The van der Waals surface area contributed by atoms with E-state index in [1.54, 1.807) is 6.26 Å². The van der Waals surface area contributed by atoms with E-state index in [2.05, 4.69) is 10.1 Å². The first kappa shape index (κ1) is 7.30. The summed E-state index contributed by atoms with van der Waals surface area (Å²) in [5.74, 6) is 0. The van der Waals surface area contributed by atoms with E-state index in [-0.39, 0.29) is 0 Å². The molecule has 2 aromatic heterocycles. The van der Waals surface area contributed by atoms with Crippen molar-refractivity contribution in [2.75, 3.05) is 5.73 Å². The number of thiazole rings is 1. The predicted octanol–water partition coefficient (Wildman–Crippen LogP) is 1.69. The van der Waals surface area contributed by atoms with Crippen LogP contribution in [-0.2, 0) is 0 Å². The SMILES string of the molecule is Cc1nocc1-c1csc(N)n1. The zero-order valence-electron chi connectivity index (χ0n) is 6.44. The fourth-order valence-electron chi connectivity index (χ4n) is 0.950. The highest BCUT2D eigenvalue weighted by molar-refractivity contribution is 7.13. The Morgan fingerprint density at radius 2 is 2.42 bits per heavy atom. The van der Waals surface area contributed by atoms with Gasteiger partial charge in [-0.2, -0.15) is 0 Å². The second kappa shape index (κ2) is 2.60. The molecule has 5 heteroatoms. The second-order valence-electron chi connectivity index (χ2n) is 2.38. The molecule has 0 aromatic carbocycles. The van der Waals surface area contributed by atoms with Gasteiger partial charge in [-0.3, -0.25) is 0 Å². The Bertz CT molecular complexity index is 393. The molecular formula is C7H7N3OS. The van der Waals surface area contributed by atoms with Gasteiger partial charge in [0.25, 0.3) is 0 Å². The summed E-state index contributed by atoms with van der Waals surface area (Å²) in [6, 6.07) is 0. The number of hydrogen-bond donors (Lipinski definition) is 1. The molecule has 0 aliphatic heterocycles. The third-order valence-electron chi connectivity index (χ3n) is 1.55. The van der Waals surface area contributed by atoms with E-state index in [4.69, 9.17) is 10.3 Å². The van der Waals surface area contributed by atoms with Gasteiger partial charge in [0, 0.05) is 5.38 Å². The molecule has 4 nitrogen and oxygen atoms in total. The van der Waals surface area contributed by atoms with Crippen molar-refractivity contribution in [1.29, 1.82) is 0 Å². The zero-order valence-corrected chi connectivity index (χ0v) is 7.26. The van der Waals surface area contributed by atoms with Crippen LogP contribution in [0.2, 0.25) is 0 Å². The molecule has 0 fully saturated rings. The number of nitrogens with two attached hydrogens (primary N) is 1. The average Bonchev–Trinajstić information content (AvgIpc) is 2.58. The van der Waals surface area contributed by atoms with Crippen molar-refractivity contribution in [1.82, 2.24) is 10.1 Å². The van der Waals surface area contributed by atoms with Gasteiger partial charge in [0.15, 0.2) is 5.13 Å². The number of anilines is 1. The first-order chi connectivity index (χ1) is 5.77. The Kier molecular flexibility index (Phi) is 1.58. The number of nitrogen functional groups attached to an aromatic ring is 1. The number of aryl methyl sites for hydroxylation is 1. The second-order valence-corrected chi connectivity index (χ2v) is 3.27. The molecule has 0 bridgehead atoms. The minimum absolute atomic E-state index is 0.561.